The van der Waals surface area contributed by atoms with Gasteiger partial charge in [-0.05, 0) is 38.5 Å². The number of carboxylic acids is 1. The fourth-order valence-corrected chi connectivity index (χ4v) is 3.30. The molecule has 1 aliphatic heterocycles. The third kappa shape index (κ3) is 3.23. The number of carboxylic acid groups (broad SMARTS) is 1. The average Bonchev–Trinajstić information content (AvgIpc) is 2.44. The number of carbonyl (C=O) groups is 2. The van der Waals surface area contributed by atoms with E-state index >= 15 is 0 Å². The van der Waals surface area contributed by atoms with Crippen LogP contribution in [0.3, 0.4) is 0 Å². The fraction of sp³-hybridized carbons (Fsp3) is 0.857. The maximum Gasteiger partial charge on any atom is 0.337 e. The summed E-state index contributed by atoms with van der Waals surface area (Å²) in [6, 6.07) is 0.0374. The molecule has 2 aliphatic rings. The number of likely N-dealkylation sites (tertiary alicyclic amines) is 1. The summed E-state index contributed by atoms with van der Waals surface area (Å²) in [5, 5.41) is 21.0. The number of rotatable bonds is 3. The molecule has 6 nitrogen and oxygen atoms in total. The molecule has 2 amide bonds. The standard InChI is InChI=1S/C14H24N2O4/c1-14(20,12(17)18)9-15-13(19)16-8-4-6-10-5-2-3-7-11(10)16/h10-11,20H,2-9H2,1H3,(H,15,19)(H,17,18)/t10-,11-,14?/m1/s1. The van der Waals surface area contributed by atoms with Crippen molar-refractivity contribution in [3.8, 4) is 0 Å². The normalized spacial score (nSPS) is 29.2. The Kier molecular flexibility index (Phi) is 4.52. The van der Waals surface area contributed by atoms with E-state index in [4.69, 9.17) is 5.11 Å². The van der Waals surface area contributed by atoms with E-state index in [1.54, 1.807) is 0 Å². The van der Waals surface area contributed by atoms with Gasteiger partial charge in [-0.1, -0.05) is 12.8 Å². The third-order valence-electron chi connectivity index (χ3n) is 4.55. The third-order valence-corrected chi connectivity index (χ3v) is 4.55. The van der Waals surface area contributed by atoms with Gasteiger partial charge in [0.1, 0.15) is 0 Å². The van der Waals surface area contributed by atoms with E-state index in [1.807, 2.05) is 4.90 Å². The largest absolute Gasteiger partial charge is 0.479 e. The number of aliphatic carboxylic acids is 1. The van der Waals surface area contributed by atoms with E-state index in [0.29, 0.717) is 5.92 Å². The number of urea groups is 1. The number of piperidine rings is 1. The number of aliphatic hydroxyl groups is 1. The Morgan fingerprint density at radius 3 is 2.60 bits per heavy atom. The SMILES string of the molecule is CC(O)(CNC(=O)N1CCC[C@H]2CCCC[C@H]21)C(=O)O. The van der Waals surface area contributed by atoms with Gasteiger partial charge >= 0.3 is 12.0 Å². The van der Waals surface area contributed by atoms with Gasteiger partial charge in [-0.2, -0.15) is 0 Å². The molecule has 0 aromatic rings. The van der Waals surface area contributed by atoms with Crippen LogP contribution in [-0.2, 0) is 4.79 Å². The van der Waals surface area contributed by atoms with Gasteiger partial charge < -0.3 is 20.4 Å². The second kappa shape index (κ2) is 5.99. The molecule has 2 rings (SSSR count). The molecule has 114 valence electrons. The summed E-state index contributed by atoms with van der Waals surface area (Å²) in [7, 11) is 0. The minimum atomic E-state index is -1.92. The molecule has 20 heavy (non-hydrogen) atoms. The molecule has 3 N–H and O–H groups in total. The fourth-order valence-electron chi connectivity index (χ4n) is 3.30. The number of amides is 2. The van der Waals surface area contributed by atoms with Crippen LogP contribution in [0.2, 0.25) is 0 Å². The smallest absolute Gasteiger partial charge is 0.337 e. The Hall–Kier alpha value is -1.30. The Balaban J connectivity index is 1.92. The van der Waals surface area contributed by atoms with Crippen molar-refractivity contribution >= 4 is 12.0 Å². The lowest BCUT2D eigenvalue weighted by molar-refractivity contribution is -0.155. The zero-order valence-corrected chi connectivity index (χ0v) is 12.0. The van der Waals surface area contributed by atoms with Gasteiger partial charge in [0, 0.05) is 12.6 Å². The highest BCUT2D eigenvalue weighted by atomic mass is 16.4. The molecular formula is C14H24N2O4. The van der Waals surface area contributed by atoms with Crippen LogP contribution in [0.15, 0.2) is 0 Å². The number of nitrogens with zero attached hydrogens (tertiary/aromatic N) is 1. The lowest BCUT2D eigenvalue weighted by Gasteiger charge is -2.44. The quantitative estimate of drug-likeness (QED) is 0.726. The minimum Gasteiger partial charge on any atom is -0.479 e. The van der Waals surface area contributed by atoms with Crippen LogP contribution in [0.25, 0.3) is 0 Å². The van der Waals surface area contributed by atoms with E-state index in [2.05, 4.69) is 5.32 Å². The van der Waals surface area contributed by atoms with Crippen molar-refractivity contribution in [2.75, 3.05) is 13.1 Å². The molecule has 6 heteroatoms. The number of fused-ring (bicyclic) bond motifs is 1. The summed E-state index contributed by atoms with van der Waals surface area (Å²) in [6.07, 6.45) is 6.79. The van der Waals surface area contributed by atoms with Crippen LogP contribution in [0.5, 0.6) is 0 Å². The monoisotopic (exact) mass is 284 g/mol. The Labute approximate surface area is 119 Å². The van der Waals surface area contributed by atoms with Crippen LogP contribution < -0.4 is 5.32 Å². The molecule has 0 radical (unpaired) electrons. The van der Waals surface area contributed by atoms with Crippen LogP contribution in [0, 0.1) is 5.92 Å². The molecule has 0 aromatic heterocycles. The van der Waals surface area contributed by atoms with Crippen molar-refractivity contribution in [3.63, 3.8) is 0 Å². The van der Waals surface area contributed by atoms with Gasteiger partial charge in [0.25, 0.3) is 0 Å². The second-order valence-electron chi connectivity index (χ2n) is 6.19. The first-order chi connectivity index (χ1) is 9.42. The maximum atomic E-state index is 12.2. The van der Waals surface area contributed by atoms with Crippen molar-refractivity contribution in [2.45, 2.75) is 57.1 Å². The molecule has 0 bridgehead atoms. The number of hydrogen-bond donors (Lipinski definition) is 3. The highest BCUT2D eigenvalue weighted by Crippen LogP contribution is 2.35. The molecule has 2 fully saturated rings. The number of hydrogen-bond acceptors (Lipinski definition) is 3. The summed E-state index contributed by atoms with van der Waals surface area (Å²) < 4.78 is 0. The topological polar surface area (TPSA) is 89.9 Å². The molecule has 1 aliphatic carbocycles. The molecule has 3 atom stereocenters. The van der Waals surface area contributed by atoms with Gasteiger partial charge in [-0.25, -0.2) is 9.59 Å². The summed E-state index contributed by atoms with van der Waals surface area (Å²) in [6.45, 7) is 1.65. The van der Waals surface area contributed by atoms with Crippen LogP contribution in [0.4, 0.5) is 4.79 Å². The summed E-state index contributed by atoms with van der Waals surface area (Å²) in [5.41, 5.74) is -1.92. The van der Waals surface area contributed by atoms with Crippen molar-refractivity contribution in [3.05, 3.63) is 0 Å². The average molecular weight is 284 g/mol. The van der Waals surface area contributed by atoms with Crippen molar-refractivity contribution in [2.24, 2.45) is 5.92 Å². The Morgan fingerprint density at radius 2 is 1.90 bits per heavy atom. The molecule has 1 saturated carbocycles. The zero-order chi connectivity index (χ0) is 14.8. The second-order valence-corrected chi connectivity index (χ2v) is 6.19. The van der Waals surface area contributed by atoms with Crippen molar-refractivity contribution in [1.82, 2.24) is 10.2 Å². The molecule has 1 saturated heterocycles. The number of nitrogens with one attached hydrogen (secondary N) is 1. The first kappa shape index (κ1) is 15.1. The summed E-state index contributed by atoms with van der Waals surface area (Å²) in [5.74, 6) is -0.741. The van der Waals surface area contributed by atoms with E-state index in [0.717, 1.165) is 25.8 Å². The lowest BCUT2D eigenvalue weighted by atomic mass is 9.78. The van der Waals surface area contributed by atoms with Crippen molar-refractivity contribution < 1.29 is 19.8 Å². The molecule has 0 aromatic carbocycles. The van der Waals surface area contributed by atoms with Gasteiger partial charge in [-0.15, -0.1) is 0 Å². The predicted octanol–water partition coefficient (Wildman–Crippen LogP) is 1.19. The van der Waals surface area contributed by atoms with E-state index < -0.39 is 11.6 Å². The van der Waals surface area contributed by atoms with Crippen molar-refractivity contribution in [1.29, 1.82) is 0 Å². The van der Waals surface area contributed by atoms with E-state index in [9.17, 15) is 14.7 Å². The molecule has 1 heterocycles. The van der Waals surface area contributed by atoms with Crippen LogP contribution >= 0.6 is 0 Å². The first-order valence-electron chi connectivity index (χ1n) is 7.42. The van der Waals surface area contributed by atoms with Gasteiger partial charge in [0.05, 0.1) is 6.54 Å². The molecule has 0 spiro atoms. The van der Waals surface area contributed by atoms with Gasteiger partial charge in [0.2, 0.25) is 0 Å². The Morgan fingerprint density at radius 1 is 1.25 bits per heavy atom. The van der Waals surface area contributed by atoms with Gasteiger partial charge in [-0.3, -0.25) is 0 Å². The summed E-state index contributed by atoms with van der Waals surface area (Å²) >= 11 is 0. The lowest BCUT2D eigenvalue weighted by Crippen LogP contribution is -2.56. The highest BCUT2D eigenvalue weighted by Gasteiger charge is 2.37. The summed E-state index contributed by atoms with van der Waals surface area (Å²) in [4.78, 5) is 24.9. The molecular weight excluding hydrogens is 260 g/mol. The van der Waals surface area contributed by atoms with Crippen LogP contribution in [0.1, 0.15) is 45.4 Å². The highest BCUT2D eigenvalue weighted by molar-refractivity contribution is 5.79. The zero-order valence-electron chi connectivity index (χ0n) is 12.0. The van der Waals surface area contributed by atoms with E-state index in [-0.39, 0.29) is 18.6 Å². The van der Waals surface area contributed by atoms with Crippen LogP contribution in [-0.4, -0.2) is 51.8 Å². The van der Waals surface area contributed by atoms with E-state index in [1.165, 1.54) is 26.2 Å². The first-order valence-corrected chi connectivity index (χ1v) is 7.42. The predicted molar refractivity (Wildman–Crippen MR) is 73.3 cm³/mol. The van der Waals surface area contributed by atoms with Gasteiger partial charge in [0.15, 0.2) is 5.60 Å². The Bertz CT molecular complexity index is 381. The molecule has 1 unspecified atom stereocenters. The number of carbonyl (C=O) groups excluding carboxylic acids is 1. The maximum absolute atomic E-state index is 12.2. The minimum absolute atomic E-state index is 0.247.